The van der Waals surface area contributed by atoms with Gasteiger partial charge in [-0.25, -0.2) is 4.39 Å². The van der Waals surface area contributed by atoms with E-state index < -0.39 is 5.54 Å². The Bertz CT molecular complexity index is 683. The van der Waals surface area contributed by atoms with Crippen molar-refractivity contribution in [2.24, 2.45) is 5.73 Å². The number of benzene rings is 1. The molecule has 0 amide bonds. The van der Waals surface area contributed by atoms with Gasteiger partial charge in [0.05, 0.1) is 11.0 Å². The monoisotopic (exact) mass is 315 g/mol. The Kier molecular flexibility index (Phi) is 3.48. The number of aromatic nitrogens is 2. The third kappa shape index (κ3) is 2.38. The Hall–Kier alpha value is -1.75. The minimum absolute atomic E-state index is 0.222. The van der Waals surface area contributed by atoms with Crippen molar-refractivity contribution in [3.63, 3.8) is 0 Å². The first-order chi connectivity index (χ1) is 11.1. The van der Waals surface area contributed by atoms with Crippen LogP contribution in [-0.4, -0.2) is 10.1 Å². The van der Waals surface area contributed by atoms with Gasteiger partial charge in [-0.05, 0) is 43.4 Å². The highest BCUT2D eigenvalue weighted by atomic mass is 19.1. The van der Waals surface area contributed by atoms with Gasteiger partial charge in [0.2, 0.25) is 5.89 Å². The first kappa shape index (κ1) is 14.8. The Morgan fingerprint density at radius 1 is 0.957 bits per heavy atom. The first-order valence-electron chi connectivity index (χ1n) is 8.52. The molecule has 2 fully saturated rings. The summed E-state index contributed by atoms with van der Waals surface area (Å²) in [6.07, 6.45) is 8.19. The van der Waals surface area contributed by atoms with E-state index in [1.54, 1.807) is 0 Å². The average Bonchev–Trinajstić information content (AvgIpc) is 3.28. The zero-order valence-electron chi connectivity index (χ0n) is 13.2. The zero-order valence-corrected chi connectivity index (χ0v) is 13.2. The molecule has 23 heavy (non-hydrogen) atoms. The lowest BCUT2D eigenvalue weighted by Gasteiger charge is -2.25. The fourth-order valence-corrected chi connectivity index (χ4v) is 4.22. The van der Waals surface area contributed by atoms with E-state index in [1.807, 2.05) is 12.1 Å². The molecule has 0 bridgehead atoms. The number of rotatable bonds is 3. The number of hydrogen-bond acceptors (Lipinski definition) is 4. The van der Waals surface area contributed by atoms with Crippen LogP contribution in [0.2, 0.25) is 0 Å². The highest BCUT2D eigenvalue weighted by molar-refractivity contribution is 5.33. The van der Waals surface area contributed by atoms with Crippen LogP contribution >= 0.6 is 0 Å². The van der Waals surface area contributed by atoms with Crippen molar-refractivity contribution in [1.82, 2.24) is 10.1 Å². The number of nitrogens with two attached hydrogens (primary N) is 1. The van der Waals surface area contributed by atoms with Crippen molar-refractivity contribution in [3.8, 4) is 0 Å². The molecule has 2 aromatic rings. The van der Waals surface area contributed by atoms with E-state index in [-0.39, 0.29) is 11.2 Å². The van der Waals surface area contributed by atoms with Crippen LogP contribution < -0.4 is 5.73 Å². The third-order valence-corrected chi connectivity index (χ3v) is 5.63. The maximum Gasteiger partial charge on any atom is 0.237 e. The van der Waals surface area contributed by atoms with Gasteiger partial charge in [0.15, 0.2) is 5.82 Å². The number of halogens is 1. The average molecular weight is 315 g/mol. The molecule has 0 unspecified atom stereocenters. The van der Waals surface area contributed by atoms with Crippen molar-refractivity contribution in [2.75, 3.05) is 0 Å². The summed E-state index contributed by atoms with van der Waals surface area (Å²) >= 11 is 0. The van der Waals surface area contributed by atoms with Gasteiger partial charge in [0.1, 0.15) is 5.82 Å². The van der Waals surface area contributed by atoms with E-state index >= 15 is 0 Å². The molecule has 2 saturated carbocycles. The predicted octanol–water partition coefficient (Wildman–Crippen LogP) is 3.80. The van der Waals surface area contributed by atoms with Gasteiger partial charge >= 0.3 is 0 Å². The molecule has 0 spiro atoms. The molecule has 5 heteroatoms. The predicted molar refractivity (Wildman–Crippen MR) is 84.3 cm³/mol. The summed E-state index contributed by atoms with van der Waals surface area (Å²) in [5.74, 6) is 1.06. The highest BCUT2D eigenvalue weighted by Gasteiger charge is 2.44. The maximum atomic E-state index is 13.3. The van der Waals surface area contributed by atoms with E-state index in [4.69, 9.17) is 15.2 Å². The summed E-state index contributed by atoms with van der Waals surface area (Å²) in [5, 5.41) is 4.22. The van der Waals surface area contributed by atoms with Crippen LogP contribution in [0.3, 0.4) is 0 Å². The molecular formula is C18H22FN3O. The smallest absolute Gasteiger partial charge is 0.237 e. The van der Waals surface area contributed by atoms with Gasteiger partial charge in [-0.15, -0.1) is 0 Å². The van der Waals surface area contributed by atoms with Crippen LogP contribution in [0.5, 0.6) is 0 Å². The second-order valence-electron chi connectivity index (χ2n) is 7.08. The quantitative estimate of drug-likeness (QED) is 0.935. The molecule has 4 rings (SSSR count). The molecule has 4 nitrogen and oxygen atoms in total. The molecule has 0 saturated heterocycles. The lowest BCUT2D eigenvalue weighted by atomic mass is 9.78. The van der Waals surface area contributed by atoms with Crippen LogP contribution in [0, 0.1) is 5.82 Å². The van der Waals surface area contributed by atoms with Gasteiger partial charge in [-0.2, -0.15) is 4.98 Å². The minimum Gasteiger partial charge on any atom is -0.338 e. The van der Waals surface area contributed by atoms with Gasteiger partial charge < -0.3 is 10.3 Å². The van der Waals surface area contributed by atoms with Gasteiger partial charge in [0.25, 0.3) is 0 Å². The summed E-state index contributed by atoms with van der Waals surface area (Å²) in [6.45, 7) is 0. The maximum absolute atomic E-state index is 13.3. The fourth-order valence-electron chi connectivity index (χ4n) is 4.22. The molecule has 1 heterocycles. The molecule has 2 N–H and O–H groups in total. The standard InChI is InChI=1S/C18H22FN3O/c19-14-7-5-13(6-8-14)17(9-1-2-10-17)16-21-15(22-23-16)18(20)11-3-4-12-18/h5-8H,1-4,9-12,20H2. The van der Waals surface area contributed by atoms with Crippen LogP contribution in [-0.2, 0) is 11.0 Å². The topological polar surface area (TPSA) is 64.9 Å². The third-order valence-electron chi connectivity index (χ3n) is 5.63. The van der Waals surface area contributed by atoms with Crippen molar-refractivity contribution in [3.05, 3.63) is 47.4 Å². The SMILES string of the molecule is NC1(c2noc(C3(c4ccc(F)cc4)CCCC3)n2)CCCC1. The summed E-state index contributed by atoms with van der Waals surface area (Å²) in [6, 6.07) is 6.71. The molecule has 2 aliphatic carbocycles. The van der Waals surface area contributed by atoms with E-state index in [9.17, 15) is 4.39 Å². The Morgan fingerprint density at radius 2 is 1.57 bits per heavy atom. The first-order valence-corrected chi connectivity index (χ1v) is 8.52. The Balaban J connectivity index is 1.74. The summed E-state index contributed by atoms with van der Waals surface area (Å²) in [7, 11) is 0. The van der Waals surface area contributed by atoms with Gasteiger partial charge in [0, 0.05) is 0 Å². The lowest BCUT2D eigenvalue weighted by molar-refractivity contribution is 0.302. The number of nitrogens with zero attached hydrogens (tertiary/aromatic N) is 2. The normalized spacial score (nSPS) is 22.5. The van der Waals surface area contributed by atoms with Gasteiger partial charge in [-0.1, -0.05) is 43.0 Å². The van der Waals surface area contributed by atoms with Crippen molar-refractivity contribution >= 4 is 0 Å². The van der Waals surface area contributed by atoms with Crippen LogP contribution in [0.1, 0.15) is 68.6 Å². The second-order valence-corrected chi connectivity index (χ2v) is 7.08. The molecule has 122 valence electrons. The summed E-state index contributed by atoms with van der Waals surface area (Å²) in [4.78, 5) is 4.72. The lowest BCUT2D eigenvalue weighted by Crippen LogP contribution is -2.34. The molecule has 0 atom stereocenters. The van der Waals surface area contributed by atoms with Crippen LogP contribution in [0.4, 0.5) is 4.39 Å². The molecular weight excluding hydrogens is 293 g/mol. The van der Waals surface area contributed by atoms with E-state index in [0.717, 1.165) is 56.9 Å². The molecule has 1 aromatic carbocycles. The van der Waals surface area contributed by atoms with E-state index in [0.29, 0.717) is 11.7 Å². The zero-order chi connectivity index (χ0) is 15.9. The fraction of sp³-hybridized carbons (Fsp3) is 0.556. The molecule has 1 aromatic heterocycles. The largest absolute Gasteiger partial charge is 0.338 e. The van der Waals surface area contributed by atoms with Gasteiger partial charge in [-0.3, -0.25) is 0 Å². The van der Waals surface area contributed by atoms with Crippen LogP contribution in [0.15, 0.2) is 28.8 Å². The minimum atomic E-state index is -0.440. The van der Waals surface area contributed by atoms with Crippen molar-refractivity contribution in [2.45, 2.75) is 62.3 Å². The molecule has 0 radical (unpaired) electrons. The van der Waals surface area contributed by atoms with Crippen molar-refractivity contribution < 1.29 is 8.91 Å². The molecule has 2 aliphatic rings. The van der Waals surface area contributed by atoms with E-state index in [2.05, 4.69) is 5.16 Å². The Morgan fingerprint density at radius 3 is 2.22 bits per heavy atom. The second kappa shape index (κ2) is 5.41. The summed E-state index contributed by atoms with van der Waals surface area (Å²) in [5.41, 5.74) is 6.79. The number of hydrogen-bond donors (Lipinski definition) is 1. The van der Waals surface area contributed by atoms with Crippen LogP contribution in [0.25, 0.3) is 0 Å². The molecule has 0 aliphatic heterocycles. The highest BCUT2D eigenvalue weighted by Crippen LogP contribution is 2.46. The summed E-state index contributed by atoms with van der Waals surface area (Å²) < 4.78 is 19.0. The van der Waals surface area contributed by atoms with E-state index in [1.165, 1.54) is 12.1 Å². The van der Waals surface area contributed by atoms with Crippen molar-refractivity contribution in [1.29, 1.82) is 0 Å². The Labute approximate surface area is 135 Å².